The highest BCUT2D eigenvalue weighted by Gasteiger charge is 2.06. The third kappa shape index (κ3) is 5.18. The van der Waals surface area contributed by atoms with Gasteiger partial charge < -0.3 is 10.6 Å². The Balaban J connectivity index is 1.68. The third-order valence-corrected chi connectivity index (χ3v) is 3.24. The first-order chi connectivity index (χ1) is 10.6. The molecule has 2 aromatic rings. The molecule has 0 fully saturated rings. The maximum absolute atomic E-state index is 11.8. The summed E-state index contributed by atoms with van der Waals surface area (Å²) in [7, 11) is 0. The Hall–Kier alpha value is -2.40. The lowest BCUT2D eigenvalue weighted by molar-refractivity contribution is -0.121. The molecule has 22 heavy (non-hydrogen) atoms. The lowest BCUT2D eigenvalue weighted by atomic mass is 10.2. The summed E-state index contributed by atoms with van der Waals surface area (Å²) < 4.78 is 0. The lowest BCUT2D eigenvalue weighted by Gasteiger charge is -2.07. The summed E-state index contributed by atoms with van der Waals surface area (Å²) in [6.07, 6.45) is 3.58. The van der Waals surface area contributed by atoms with Gasteiger partial charge in [-0.05, 0) is 42.0 Å². The molecule has 0 atom stereocenters. The second-order valence-electron chi connectivity index (χ2n) is 4.64. The van der Waals surface area contributed by atoms with E-state index in [9.17, 15) is 9.59 Å². The van der Waals surface area contributed by atoms with Crippen molar-refractivity contribution in [1.82, 2.24) is 15.6 Å². The molecule has 2 N–H and O–H groups in total. The highest BCUT2D eigenvalue weighted by molar-refractivity contribution is 6.30. The van der Waals surface area contributed by atoms with Crippen molar-refractivity contribution < 1.29 is 9.59 Å². The number of halogens is 1. The molecule has 5 nitrogen and oxygen atoms in total. The quantitative estimate of drug-likeness (QED) is 0.857. The Kier molecular flexibility index (Phi) is 5.91. The van der Waals surface area contributed by atoms with Crippen molar-refractivity contribution in [3.8, 4) is 0 Å². The van der Waals surface area contributed by atoms with Crippen LogP contribution >= 0.6 is 11.6 Å². The maximum Gasteiger partial charge on any atom is 0.251 e. The van der Waals surface area contributed by atoms with Crippen LogP contribution in [0.25, 0.3) is 0 Å². The molecule has 0 aliphatic carbocycles. The van der Waals surface area contributed by atoms with Crippen molar-refractivity contribution in [2.45, 2.75) is 13.0 Å². The van der Waals surface area contributed by atoms with Crippen LogP contribution in [-0.4, -0.2) is 23.3 Å². The van der Waals surface area contributed by atoms with Crippen LogP contribution in [0.2, 0.25) is 5.02 Å². The smallest absolute Gasteiger partial charge is 0.251 e. The van der Waals surface area contributed by atoms with Gasteiger partial charge in [0.25, 0.3) is 5.91 Å². The third-order valence-electron chi connectivity index (χ3n) is 2.98. The molecule has 114 valence electrons. The first-order valence-electron chi connectivity index (χ1n) is 6.84. The SMILES string of the molecule is O=C(CCNC(=O)c1ccc(Cl)cc1)NCc1ccncc1. The zero-order valence-electron chi connectivity index (χ0n) is 11.9. The largest absolute Gasteiger partial charge is 0.352 e. The van der Waals surface area contributed by atoms with Gasteiger partial charge in [-0.3, -0.25) is 14.6 Å². The van der Waals surface area contributed by atoms with Gasteiger partial charge in [-0.25, -0.2) is 0 Å². The number of nitrogens with zero attached hydrogens (tertiary/aromatic N) is 1. The summed E-state index contributed by atoms with van der Waals surface area (Å²) in [4.78, 5) is 27.4. The minimum absolute atomic E-state index is 0.117. The fraction of sp³-hybridized carbons (Fsp3) is 0.188. The van der Waals surface area contributed by atoms with Crippen molar-refractivity contribution in [1.29, 1.82) is 0 Å². The number of hydrogen-bond donors (Lipinski definition) is 2. The van der Waals surface area contributed by atoms with E-state index in [1.54, 1.807) is 36.7 Å². The Morgan fingerprint density at radius 1 is 1.00 bits per heavy atom. The molecule has 0 unspecified atom stereocenters. The van der Waals surface area contributed by atoms with E-state index in [1.165, 1.54) is 0 Å². The first-order valence-corrected chi connectivity index (χ1v) is 7.22. The molecule has 0 saturated heterocycles. The molecule has 0 spiro atoms. The number of rotatable bonds is 6. The summed E-state index contributed by atoms with van der Waals surface area (Å²) in [6, 6.07) is 10.3. The second-order valence-corrected chi connectivity index (χ2v) is 5.08. The average molecular weight is 318 g/mol. The van der Waals surface area contributed by atoms with Crippen molar-refractivity contribution >= 4 is 23.4 Å². The zero-order valence-corrected chi connectivity index (χ0v) is 12.6. The van der Waals surface area contributed by atoms with Crippen molar-refractivity contribution in [3.63, 3.8) is 0 Å². The topological polar surface area (TPSA) is 71.1 Å². The van der Waals surface area contributed by atoms with Gasteiger partial charge in [-0.2, -0.15) is 0 Å². The summed E-state index contributed by atoms with van der Waals surface area (Å²) in [5.74, 6) is -0.341. The number of pyridine rings is 1. The zero-order chi connectivity index (χ0) is 15.8. The van der Waals surface area contributed by atoms with E-state index in [1.807, 2.05) is 12.1 Å². The summed E-state index contributed by atoms with van der Waals surface area (Å²) in [5.41, 5.74) is 1.50. The number of carbonyl (C=O) groups excluding carboxylic acids is 2. The number of hydrogen-bond acceptors (Lipinski definition) is 3. The van der Waals surface area contributed by atoms with Gasteiger partial charge in [0.15, 0.2) is 0 Å². The van der Waals surface area contributed by atoms with E-state index >= 15 is 0 Å². The maximum atomic E-state index is 11.8. The molecule has 6 heteroatoms. The van der Waals surface area contributed by atoms with E-state index in [2.05, 4.69) is 15.6 Å². The number of amides is 2. The predicted octanol–water partition coefficient (Wildman–Crippen LogP) is 2.17. The van der Waals surface area contributed by atoms with E-state index in [-0.39, 0.29) is 24.8 Å². The minimum atomic E-state index is -0.224. The Labute approximate surface area is 133 Å². The molecule has 1 heterocycles. The van der Waals surface area contributed by atoms with Crippen LogP contribution in [0.3, 0.4) is 0 Å². The Morgan fingerprint density at radius 3 is 2.36 bits per heavy atom. The molecule has 0 saturated carbocycles. The van der Waals surface area contributed by atoms with E-state index in [4.69, 9.17) is 11.6 Å². The van der Waals surface area contributed by atoms with Crippen LogP contribution in [0.5, 0.6) is 0 Å². The normalized spacial score (nSPS) is 10.0. The van der Waals surface area contributed by atoms with Crippen LogP contribution in [-0.2, 0) is 11.3 Å². The van der Waals surface area contributed by atoms with Gasteiger partial charge >= 0.3 is 0 Å². The molecule has 1 aromatic carbocycles. The molecule has 0 aliphatic rings. The van der Waals surface area contributed by atoms with Gasteiger partial charge in [0.05, 0.1) is 0 Å². The van der Waals surface area contributed by atoms with Crippen LogP contribution in [0.15, 0.2) is 48.8 Å². The minimum Gasteiger partial charge on any atom is -0.352 e. The molecular weight excluding hydrogens is 302 g/mol. The first kappa shape index (κ1) is 16.0. The molecule has 0 bridgehead atoms. The van der Waals surface area contributed by atoms with Crippen LogP contribution in [0, 0.1) is 0 Å². The van der Waals surface area contributed by atoms with Gasteiger partial charge in [0, 0.05) is 42.5 Å². The van der Waals surface area contributed by atoms with Crippen LogP contribution in [0.4, 0.5) is 0 Å². The number of aromatic nitrogens is 1. The van der Waals surface area contributed by atoms with E-state index in [0.717, 1.165) is 5.56 Å². The van der Waals surface area contributed by atoms with Gasteiger partial charge in [-0.15, -0.1) is 0 Å². The van der Waals surface area contributed by atoms with Crippen LogP contribution < -0.4 is 10.6 Å². The molecule has 2 rings (SSSR count). The highest BCUT2D eigenvalue weighted by Crippen LogP contribution is 2.09. The number of benzene rings is 1. The molecular formula is C16H16ClN3O2. The molecule has 2 amide bonds. The monoisotopic (exact) mass is 317 g/mol. The summed E-state index contributed by atoms with van der Waals surface area (Å²) in [6.45, 7) is 0.732. The van der Waals surface area contributed by atoms with Crippen LogP contribution in [0.1, 0.15) is 22.3 Å². The second kappa shape index (κ2) is 8.14. The Morgan fingerprint density at radius 2 is 1.68 bits per heavy atom. The standard InChI is InChI=1S/C16H16ClN3O2/c17-14-3-1-13(2-4-14)16(22)19-10-7-15(21)20-11-12-5-8-18-9-6-12/h1-6,8-9H,7,10-11H2,(H,19,22)(H,20,21). The molecule has 0 radical (unpaired) electrons. The van der Waals surface area contributed by atoms with Gasteiger partial charge in [0.1, 0.15) is 0 Å². The van der Waals surface area contributed by atoms with E-state index in [0.29, 0.717) is 17.1 Å². The fourth-order valence-corrected chi connectivity index (χ4v) is 1.91. The number of nitrogens with one attached hydrogen (secondary N) is 2. The lowest BCUT2D eigenvalue weighted by Crippen LogP contribution is -2.30. The molecule has 0 aliphatic heterocycles. The van der Waals surface area contributed by atoms with Gasteiger partial charge in [0.2, 0.25) is 5.91 Å². The summed E-state index contributed by atoms with van der Waals surface area (Å²) >= 11 is 5.76. The molecule has 1 aromatic heterocycles. The van der Waals surface area contributed by atoms with Crippen molar-refractivity contribution in [2.75, 3.05) is 6.54 Å². The summed E-state index contributed by atoms with van der Waals surface area (Å²) in [5, 5.41) is 6.06. The van der Waals surface area contributed by atoms with Crippen molar-refractivity contribution in [3.05, 3.63) is 64.9 Å². The number of carbonyl (C=O) groups is 2. The highest BCUT2D eigenvalue weighted by atomic mass is 35.5. The predicted molar refractivity (Wildman–Crippen MR) is 84.5 cm³/mol. The Bertz CT molecular complexity index is 630. The fourth-order valence-electron chi connectivity index (χ4n) is 1.78. The van der Waals surface area contributed by atoms with Crippen molar-refractivity contribution in [2.24, 2.45) is 0 Å². The van der Waals surface area contributed by atoms with Gasteiger partial charge in [-0.1, -0.05) is 11.6 Å². The van der Waals surface area contributed by atoms with E-state index < -0.39 is 0 Å². The average Bonchev–Trinajstić information content (AvgIpc) is 2.54.